The molecule has 0 heterocycles. The first kappa shape index (κ1) is 20.1. The van der Waals surface area contributed by atoms with Crippen LogP contribution in [0.2, 0.25) is 5.02 Å². The van der Waals surface area contributed by atoms with Crippen LogP contribution < -0.4 is 10.6 Å². The molecule has 1 aliphatic rings. The Morgan fingerprint density at radius 1 is 1.07 bits per heavy atom. The van der Waals surface area contributed by atoms with Gasteiger partial charge in [-0.25, -0.2) is 13.6 Å². The van der Waals surface area contributed by atoms with Gasteiger partial charge in [0, 0.05) is 23.2 Å². The van der Waals surface area contributed by atoms with Gasteiger partial charge >= 0.3 is 6.03 Å². The van der Waals surface area contributed by atoms with E-state index in [2.05, 4.69) is 10.6 Å². The number of benzene rings is 2. The summed E-state index contributed by atoms with van der Waals surface area (Å²) < 4.78 is 26.9. The number of urea groups is 1. The van der Waals surface area contributed by atoms with Crippen LogP contribution in [0.15, 0.2) is 42.5 Å². The van der Waals surface area contributed by atoms with Crippen LogP contribution in [0.3, 0.4) is 0 Å². The van der Waals surface area contributed by atoms with Gasteiger partial charge in [-0.2, -0.15) is 0 Å². The summed E-state index contributed by atoms with van der Waals surface area (Å²) in [6.07, 6.45) is 1.68. The zero-order valence-electron chi connectivity index (χ0n) is 15.1. The third-order valence-electron chi connectivity index (χ3n) is 4.46. The standard InChI is InChI=1S/C20H20ClF2N3O2/c21-17-2-1-3-18(23)16(17)12-26(15-8-9-15)19(27)11-25-20(28)24-10-13-4-6-14(22)7-5-13/h1-7,15H,8-12H2,(H2,24,25,28). The number of amides is 3. The molecule has 0 aromatic heterocycles. The summed E-state index contributed by atoms with van der Waals surface area (Å²) in [5, 5.41) is 5.37. The quantitative estimate of drug-likeness (QED) is 0.736. The smallest absolute Gasteiger partial charge is 0.315 e. The van der Waals surface area contributed by atoms with Crippen LogP contribution >= 0.6 is 11.6 Å². The fourth-order valence-electron chi connectivity index (χ4n) is 2.77. The highest BCUT2D eigenvalue weighted by Gasteiger charge is 2.33. The third-order valence-corrected chi connectivity index (χ3v) is 4.82. The highest BCUT2D eigenvalue weighted by Crippen LogP contribution is 2.30. The molecule has 0 unspecified atom stereocenters. The van der Waals surface area contributed by atoms with Gasteiger partial charge in [0.15, 0.2) is 0 Å². The molecule has 2 aromatic rings. The normalized spacial score (nSPS) is 13.1. The predicted octanol–water partition coefficient (Wildman–Crippen LogP) is 3.61. The van der Waals surface area contributed by atoms with E-state index in [1.165, 1.54) is 24.3 Å². The van der Waals surface area contributed by atoms with Gasteiger partial charge in [-0.1, -0.05) is 29.8 Å². The number of nitrogens with one attached hydrogen (secondary N) is 2. The van der Waals surface area contributed by atoms with Crippen LogP contribution in [0.4, 0.5) is 13.6 Å². The SMILES string of the molecule is O=C(NCC(=O)N(Cc1c(F)cccc1Cl)C1CC1)NCc1ccc(F)cc1. The summed E-state index contributed by atoms with van der Waals surface area (Å²) in [5.41, 5.74) is 1.00. The van der Waals surface area contributed by atoms with Gasteiger partial charge in [0.2, 0.25) is 5.91 Å². The third kappa shape index (κ3) is 5.42. The van der Waals surface area contributed by atoms with Crippen molar-refractivity contribution < 1.29 is 18.4 Å². The lowest BCUT2D eigenvalue weighted by Gasteiger charge is -2.23. The summed E-state index contributed by atoms with van der Waals surface area (Å²) in [5.74, 6) is -1.12. The van der Waals surface area contributed by atoms with Crippen LogP contribution in [0.25, 0.3) is 0 Å². The molecule has 8 heteroatoms. The van der Waals surface area contributed by atoms with Crippen molar-refractivity contribution in [1.82, 2.24) is 15.5 Å². The van der Waals surface area contributed by atoms with E-state index < -0.39 is 11.8 Å². The van der Waals surface area contributed by atoms with Gasteiger partial charge in [0.25, 0.3) is 0 Å². The summed E-state index contributed by atoms with van der Waals surface area (Å²) in [7, 11) is 0. The lowest BCUT2D eigenvalue weighted by molar-refractivity contribution is -0.131. The van der Waals surface area contributed by atoms with E-state index in [0.717, 1.165) is 18.4 Å². The molecule has 2 N–H and O–H groups in total. The topological polar surface area (TPSA) is 61.4 Å². The van der Waals surface area contributed by atoms with Gasteiger partial charge in [-0.05, 0) is 42.7 Å². The maximum Gasteiger partial charge on any atom is 0.315 e. The Bertz CT molecular complexity index is 837. The highest BCUT2D eigenvalue weighted by atomic mass is 35.5. The summed E-state index contributed by atoms with van der Waals surface area (Å²) >= 11 is 6.06. The zero-order chi connectivity index (χ0) is 20.1. The molecule has 0 spiro atoms. The molecule has 1 aliphatic carbocycles. The maximum atomic E-state index is 14.0. The first-order valence-corrected chi connectivity index (χ1v) is 9.30. The number of hydrogen-bond donors (Lipinski definition) is 2. The van der Waals surface area contributed by atoms with Crippen LogP contribution in [-0.2, 0) is 17.9 Å². The monoisotopic (exact) mass is 407 g/mol. The van der Waals surface area contributed by atoms with Gasteiger partial charge < -0.3 is 15.5 Å². The van der Waals surface area contributed by atoms with Crippen molar-refractivity contribution in [3.63, 3.8) is 0 Å². The van der Waals surface area contributed by atoms with Crippen LogP contribution in [0.5, 0.6) is 0 Å². The number of carbonyl (C=O) groups excluding carboxylic acids is 2. The number of nitrogens with zero attached hydrogens (tertiary/aromatic N) is 1. The van der Waals surface area contributed by atoms with Crippen molar-refractivity contribution in [2.75, 3.05) is 6.54 Å². The lowest BCUT2D eigenvalue weighted by atomic mass is 10.2. The molecule has 5 nitrogen and oxygen atoms in total. The minimum absolute atomic E-state index is 0.0345. The minimum Gasteiger partial charge on any atom is -0.334 e. The lowest BCUT2D eigenvalue weighted by Crippen LogP contribution is -2.44. The Balaban J connectivity index is 1.51. The summed E-state index contributed by atoms with van der Waals surface area (Å²) in [6.45, 7) is 0.0587. The average Bonchev–Trinajstić information content (AvgIpc) is 3.50. The molecule has 0 aliphatic heterocycles. The maximum absolute atomic E-state index is 14.0. The van der Waals surface area contributed by atoms with Gasteiger partial charge in [0.1, 0.15) is 11.6 Å². The largest absolute Gasteiger partial charge is 0.334 e. The molecule has 0 bridgehead atoms. The van der Waals surface area contributed by atoms with Crippen molar-refractivity contribution in [3.8, 4) is 0 Å². The number of carbonyl (C=O) groups is 2. The first-order chi connectivity index (χ1) is 13.4. The second-order valence-electron chi connectivity index (χ2n) is 6.62. The van der Waals surface area contributed by atoms with E-state index in [1.54, 1.807) is 23.1 Å². The molecular formula is C20H20ClF2N3O2. The minimum atomic E-state index is -0.516. The Kier molecular flexibility index (Phi) is 6.46. The Morgan fingerprint density at radius 3 is 2.43 bits per heavy atom. The van der Waals surface area contributed by atoms with Gasteiger partial charge in [0.05, 0.1) is 13.1 Å². The molecule has 28 heavy (non-hydrogen) atoms. The zero-order valence-corrected chi connectivity index (χ0v) is 15.8. The van der Waals surface area contributed by atoms with E-state index in [0.29, 0.717) is 0 Å². The average molecular weight is 408 g/mol. The summed E-state index contributed by atoms with van der Waals surface area (Å²) in [4.78, 5) is 26.0. The Hall–Kier alpha value is -2.67. The van der Waals surface area contributed by atoms with Crippen LogP contribution in [0.1, 0.15) is 24.0 Å². The number of halogens is 3. The second kappa shape index (κ2) is 9.01. The molecule has 1 fully saturated rings. The van der Waals surface area contributed by atoms with Crippen molar-refractivity contribution in [1.29, 1.82) is 0 Å². The number of rotatable bonds is 7. The molecule has 1 saturated carbocycles. The fourth-order valence-corrected chi connectivity index (χ4v) is 2.99. The van der Waals surface area contributed by atoms with Crippen molar-refractivity contribution in [2.24, 2.45) is 0 Å². The van der Waals surface area contributed by atoms with Gasteiger partial charge in [-0.15, -0.1) is 0 Å². The molecule has 3 amide bonds. The molecule has 0 radical (unpaired) electrons. The van der Waals surface area contributed by atoms with Crippen molar-refractivity contribution in [2.45, 2.75) is 32.0 Å². The van der Waals surface area contributed by atoms with Crippen molar-refractivity contribution >= 4 is 23.5 Å². The van der Waals surface area contributed by atoms with E-state index in [1.807, 2.05) is 0 Å². The van der Waals surface area contributed by atoms with Crippen LogP contribution in [0, 0.1) is 11.6 Å². The highest BCUT2D eigenvalue weighted by molar-refractivity contribution is 6.31. The molecule has 0 saturated heterocycles. The van der Waals surface area contributed by atoms with Crippen molar-refractivity contribution in [3.05, 3.63) is 70.2 Å². The summed E-state index contributed by atoms with van der Waals surface area (Å²) in [6, 6.07) is 9.65. The van der Waals surface area contributed by atoms with E-state index >= 15 is 0 Å². The second-order valence-corrected chi connectivity index (χ2v) is 7.02. The van der Waals surface area contributed by atoms with Gasteiger partial charge in [-0.3, -0.25) is 4.79 Å². The van der Waals surface area contributed by atoms with E-state index in [9.17, 15) is 18.4 Å². The fraction of sp³-hybridized carbons (Fsp3) is 0.300. The first-order valence-electron chi connectivity index (χ1n) is 8.92. The molecule has 0 atom stereocenters. The molecule has 2 aromatic carbocycles. The predicted molar refractivity (Wildman–Crippen MR) is 102 cm³/mol. The van der Waals surface area contributed by atoms with Crippen LogP contribution in [-0.4, -0.2) is 29.4 Å². The Morgan fingerprint density at radius 2 is 1.79 bits per heavy atom. The Labute approximate surface area is 166 Å². The number of hydrogen-bond acceptors (Lipinski definition) is 2. The molecule has 148 valence electrons. The molecular weight excluding hydrogens is 388 g/mol. The van der Waals surface area contributed by atoms with E-state index in [-0.39, 0.29) is 48.0 Å². The van der Waals surface area contributed by atoms with E-state index in [4.69, 9.17) is 11.6 Å². The molecule has 3 rings (SSSR count).